The number of anilines is 1. The number of benzene rings is 2. The van der Waals surface area contributed by atoms with Gasteiger partial charge in [0.05, 0.1) is 10.7 Å². The Kier molecular flexibility index (Phi) is 8.06. The van der Waals surface area contributed by atoms with E-state index >= 15 is 0 Å². The van der Waals surface area contributed by atoms with E-state index in [1.54, 1.807) is 0 Å². The number of nitrogens with one attached hydrogen (secondary N) is 1. The Hall–Kier alpha value is -1.91. The summed E-state index contributed by atoms with van der Waals surface area (Å²) < 4.78 is 6.16. The van der Waals surface area contributed by atoms with Crippen LogP contribution in [0.5, 0.6) is 11.5 Å². The maximum Gasteiger partial charge on any atom is 0.265 e. The van der Waals surface area contributed by atoms with Gasteiger partial charge in [-0.25, -0.2) is 0 Å². The first-order valence-electron chi connectivity index (χ1n) is 10.3. The molecule has 1 unspecified atom stereocenters. The van der Waals surface area contributed by atoms with Crippen LogP contribution < -0.4 is 10.1 Å². The Balaban J connectivity index is 2.32. The smallest absolute Gasteiger partial charge is 0.265 e. The van der Waals surface area contributed by atoms with Gasteiger partial charge in [0.1, 0.15) is 5.75 Å². The molecule has 0 bridgehead atoms. The summed E-state index contributed by atoms with van der Waals surface area (Å²) in [6.07, 6.45) is 1.23. The van der Waals surface area contributed by atoms with E-state index in [4.69, 9.17) is 27.9 Å². The molecule has 1 amide bonds. The first-order chi connectivity index (χ1) is 14.0. The molecule has 4 nitrogen and oxygen atoms in total. The summed E-state index contributed by atoms with van der Waals surface area (Å²) >= 11 is 12.5. The van der Waals surface area contributed by atoms with Crippen LogP contribution in [0.25, 0.3) is 0 Å². The lowest BCUT2D eigenvalue weighted by Gasteiger charge is -2.28. The van der Waals surface area contributed by atoms with Gasteiger partial charge in [-0.2, -0.15) is 0 Å². The molecule has 0 radical (unpaired) electrons. The van der Waals surface area contributed by atoms with Crippen molar-refractivity contribution in [1.82, 2.24) is 0 Å². The predicted octanol–water partition coefficient (Wildman–Crippen LogP) is 7.05. The van der Waals surface area contributed by atoms with Crippen LogP contribution in [0.2, 0.25) is 10.0 Å². The minimum atomic E-state index is -0.734. The standard InChI is InChI=1S/C24H31Cl2NO3/c1-7-15-17(25)13-18(22(28)21(15)26)27-23(29)19(8-2)30-20-11-10-14(4)12-16(20)24(5,6)9-3/h10-13,19,28H,7-9H2,1-6H3,(H,27,29). The lowest BCUT2D eigenvalue weighted by atomic mass is 9.81. The molecule has 30 heavy (non-hydrogen) atoms. The number of hydrogen-bond acceptors (Lipinski definition) is 3. The molecule has 2 N–H and O–H groups in total. The van der Waals surface area contributed by atoms with E-state index in [1.165, 1.54) is 6.07 Å². The quantitative estimate of drug-likeness (QED) is 0.422. The Labute approximate surface area is 189 Å². The van der Waals surface area contributed by atoms with Gasteiger partial charge in [0, 0.05) is 10.6 Å². The zero-order valence-electron chi connectivity index (χ0n) is 18.5. The average Bonchev–Trinajstić information content (AvgIpc) is 2.71. The lowest BCUT2D eigenvalue weighted by molar-refractivity contribution is -0.122. The van der Waals surface area contributed by atoms with Crippen molar-refractivity contribution in [1.29, 1.82) is 0 Å². The minimum Gasteiger partial charge on any atom is -0.504 e. The van der Waals surface area contributed by atoms with Gasteiger partial charge < -0.3 is 15.2 Å². The summed E-state index contributed by atoms with van der Waals surface area (Å²) in [5, 5.41) is 13.7. The number of aryl methyl sites for hydroxylation is 1. The molecule has 2 rings (SSSR count). The highest BCUT2D eigenvalue weighted by atomic mass is 35.5. The number of phenols is 1. The number of halogens is 2. The fourth-order valence-corrected chi connectivity index (χ4v) is 3.95. The van der Waals surface area contributed by atoms with Crippen LogP contribution in [-0.2, 0) is 16.6 Å². The first kappa shape index (κ1) is 24.4. The molecule has 0 aliphatic heterocycles. The second-order valence-electron chi connectivity index (χ2n) is 8.14. The molecule has 1 atom stereocenters. The molecule has 0 aliphatic carbocycles. The SMILES string of the molecule is CCc1c(Cl)cc(NC(=O)C(CC)Oc2ccc(C)cc2C(C)(C)CC)c(O)c1Cl. The predicted molar refractivity (Wildman–Crippen MR) is 125 cm³/mol. The molecule has 2 aromatic carbocycles. The zero-order valence-corrected chi connectivity index (χ0v) is 20.0. The molecule has 2 aromatic rings. The van der Waals surface area contributed by atoms with Gasteiger partial charge in [-0.1, -0.05) is 75.5 Å². The van der Waals surface area contributed by atoms with E-state index in [9.17, 15) is 9.90 Å². The molecule has 0 saturated carbocycles. The fraction of sp³-hybridized carbons (Fsp3) is 0.458. The van der Waals surface area contributed by atoms with Crippen LogP contribution in [0.4, 0.5) is 5.69 Å². The van der Waals surface area contributed by atoms with E-state index in [0.717, 1.165) is 17.5 Å². The number of phenolic OH excluding ortho intramolecular Hbond substituents is 1. The molecule has 0 aliphatic rings. The number of rotatable bonds is 8. The molecule has 0 saturated heterocycles. The summed E-state index contributed by atoms with van der Waals surface area (Å²) in [4.78, 5) is 12.9. The van der Waals surface area contributed by atoms with Gasteiger partial charge in [-0.3, -0.25) is 4.79 Å². The van der Waals surface area contributed by atoms with Crippen molar-refractivity contribution in [3.05, 3.63) is 51.0 Å². The lowest BCUT2D eigenvalue weighted by Crippen LogP contribution is -2.33. The summed E-state index contributed by atoms with van der Waals surface area (Å²) in [5.41, 5.74) is 2.93. The largest absolute Gasteiger partial charge is 0.504 e. The van der Waals surface area contributed by atoms with Crippen molar-refractivity contribution in [2.45, 2.75) is 72.3 Å². The van der Waals surface area contributed by atoms with Crippen molar-refractivity contribution >= 4 is 34.8 Å². The zero-order chi connectivity index (χ0) is 22.6. The Morgan fingerprint density at radius 2 is 1.87 bits per heavy atom. The van der Waals surface area contributed by atoms with Gasteiger partial charge in [-0.15, -0.1) is 0 Å². The number of ether oxygens (including phenoxy) is 1. The summed E-state index contributed by atoms with van der Waals surface area (Å²) in [7, 11) is 0. The van der Waals surface area contributed by atoms with Crippen LogP contribution in [0.3, 0.4) is 0 Å². The van der Waals surface area contributed by atoms with Crippen molar-refractivity contribution in [3.63, 3.8) is 0 Å². The number of carbonyl (C=O) groups is 1. The van der Waals surface area contributed by atoms with Gasteiger partial charge in [0.2, 0.25) is 0 Å². The Morgan fingerprint density at radius 1 is 1.20 bits per heavy atom. The van der Waals surface area contributed by atoms with Gasteiger partial charge >= 0.3 is 0 Å². The summed E-state index contributed by atoms with van der Waals surface area (Å²) in [6, 6.07) is 7.52. The molecule has 164 valence electrons. The van der Waals surface area contributed by atoms with Crippen molar-refractivity contribution in [2.24, 2.45) is 0 Å². The van der Waals surface area contributed by atoms with E-state index < -0.39 is 6.10 Å². The van der Waals surface area contributed by atoms with Crippen LogP contribution in [0.15, 0.2) is 24.3 Å². The fourth-order valence-electron chi connectivity index (χ4n) is 3.22. The van der Waals surface area contributed by atoms with E-state index in [0.29, 0.717) is 29.2 Å². The minimum absolute atomic E-state index is 0.0918. The highest BCUT2D eigenvalue weighted by Crippen LogP contribution is 2.40. The summed E-state index contributed by atoms with van der Waals surface area (Å²) in [5.74, 6) is 0.130. The Bertz CT molecular complexity index is 925. The second kappa shape index (κ2) is 9.93. The van der Waals surface area contributed by atoms with E-state index in [-0.39, 0.29) is 27.8 Å². The van der Waals surface area contributed by atoms with E-state index in [2.05, 4.69) is 32.2 Å². The van der Waals surface area contributed by atoms with Crippen LogP contribution in [-0.4, -0.2) is 17.1 Å². The maximum absolute atomic E-state index is 12.9. The molecule has 0 spiro atoms. The molecule has 6 heteroatoms. The molecule has 0 fully saturated rings. The molecule has 0 aromatic heterocycles. The highest BCUT2D eigenvalue weighted by molar-refractivity contribution is 6.37. The van der Waals surface area contributed by atoms with Crippen molar-refractivity contribution in [3.8, 4) is 11.5 Å². The number of hydrogen-bond donors (Lipinski definition) is 2. The number of aromatic hydroxyl groups is 1. The van der Waals surface area contributed by atoms with Crippen LogP contribution in [0.1, 0.15) is 64.2 Å². The normalized spacial score (nSPS) is 12.5. The third-order valence-corrected chi connectivity index (χ3v) is 6.32. The third kappa shape index (κ3) is 5.22. The first-order valence-corrected chi connectivity index (χ1v) is 11.1. The van der Waals surface area contributed by atoms with Gasteiger partial charge in [0.15, 0.2) is 11.9 Å². The second-order valence-corrected chi connectivity index (χ2v) is 8.93. The summed E-state index contributed by atoms with van der Waals surface area (Å²) in [6.45, 7) is 12.3. The topological polar surface area (TPSA) is 58.6 Å². The van der Waals surface area contributed by atoms with Crippen LogP contribution >= 0.6 is 23.2 Å². The highest BCUT2D eigenvalue weighted by Gasteiger charge is 2.27. The van der Waals surface area contributed by atoms with Crippen molar-refractivity contribution < 1.29 is 14.6 Å². The average molecular weight is 452 g/mol. The number of amides is 1. The molecular weight excluding hydrogens is 421 g/mol. The molecular formula is C24H31Cl2NO3. The van der Waals surface area contributed by atoms with E-state index in [1.807, 2.05) is 32.9 Å². The van der Waals surface area contributed by atoms with Gasteiger partial charge in [0.25, 0.3) is 5.91 Å². The number of carbonyl (C=O) groups excluding carboxylic acids is 1. The maximum atomic E-state index is 12.9. The third-order valence-electron chi connectivity index (χ3n) is 5.58. The molecule has 0 heterocycles. The van der Waals surface area contributed by atoms with Gasteiger partial charge in [-0.05, 0) is 49.3 Å². The Morgan fingerprint density at radius 3 is 2.43 bits per heavy atom. The van der Waals surface area contributed by atoms with Crippen molar-refractivity contribution in [2.75, 3.05) is 5.32 Å². The monoisotopic (exact) mass is 451 g/mol. The van der Waals surface area contributed by atoms with Crippen LogP contribution in [0, 0.1) is 6.92 Å².